The van der Waals surface area contributed by atoms with Crippen LogP contribution in [0.25, 0.3) is 33.3 Å². The molecule has 4 aromatic rings. The number of phenolic OH excluding ortho intramolecular Hbond substituents is 1. The first-order valence-electron chi connectivity index (χ1n) is 24.7. The molecule has 6 bridgehead atoms. The van der Waals surface area contributed by atoms with E-state index in [4.69, 9.17) is 14.5 Å². The van der Waals surface area contributed by atoms with Crippen molar-refractivity contribution in [3.05, 3.63) is 71.5 Å². The number of urea groups is 1. The molecule has 16 nitrogen and oxygen atoms in total. The van der Waals surface area contributed by atoms with Gasteiger partial charge in [0.2, 0.25) is 11.8 Å². The van der Waals surface area contributed by atoms with Crippen LogP contribution < -0.4 is 10.7 Å². The summed E-state index contributed by atoms with van der Waals surface area (Å²) in [7, 11) is 5.08. The van der Waals surface area contributed by atoms with E-state index in [-0.39, 0.29) is 61.2 Å². The Hall–Kier alpha value is -6.00. The second-order valence-corrected chi connectivity index (χ2v) is 20.7. The fraction of sp³-hybridized carbons (Fsp3) is 0.547. The molecule has 0 spiro atoms. The van der Waals surface area contributed by atoms with Crippen molar-refractivity contribution in [2.75, 3.05) is 47.4 Å². The quantitative estimate of drug-likeness (QED) is 0.149. The number of aromatic hydroxyl groups is 1. The van der Waals surface area contributed by atoms with Crippen molar-refractivity contribution in [3.63, 3.8) is 0 Å². The van der Waals surface area contributed by atoms with Crippen molar-refractivity contribution in [3.8, 4) is 28.1 Å². The normalized spacial score (nSPS) is 21.7. The number of methoxy groups -OCH3 is 1. The van der Waals surface area contributed by atoms with Gasteiger partial charge in [0.25, 0.3) is 5.91 Å². The predicted octanol–water partition coefficient (Wildman–Crippen LogP) is 6.47. The number of likely N-dealkylation sites (tertiary alicyclic amines) is 1. The second-order valence-electron chi connectivity index (χ2n) is 20.7. The number of cyclic esters (lactones) is 1. The largest absolute Gasteiger partial charge is 0.508 e. The number of nitrogens with zero attached hydrogens (tertiary/aromatic N) is 6. The standard InChI is InChI=1S/C53H70N8O8/c1-10-60-44-18-17-35-27-40(44)41(47(60)39-13-11-20-54-45(39)32(4)68-9)28-53(5,6)30-69-51(66)42-14-12-21-61(56-42)50(65)43(25-33-23-36(35)26-38(62)24-33)55-48(63)46(31(2)3)58(8)52(67)59-22-19-37(29-59)57(7)49(64)34-15-16-34/h11,13,17-18,20,23-24,26-27,31-32,34,37,42-43,46,56,62H,10,12,14-16,19,21-22,25,28-30H2,1-9H3,(H,55,63)/t32-,37+,42-,43-,46?/m0/s1. The van der Waals surface area contributed by atoms with Gasteiger partial charge < -0.3 is 39.2 Å². The summed E-state index contributed by atoms with van der Waals surface area (Å²) in [6, 6.07) is 12.1. The lowest BCUT2D eigenvalue weighted by Gasteiger charge is -2.37. The van der Waals surface area contributed by atoms with Crippen LogP contribution in [-0.4, -0.2) is 136 Å². The molecule has 2 saturated heterocycles. The van der Waals surface area contributed by atoms with Crippen LogP contribution in [0.1, 0.15) is 96.6 Å². The number of hydrogen-bond acceptors (Lipinski definition) is 10. The van der Waals surface area contributed by atoms with E-state index in [0.717, 1.165) is 57.4 Å². The molecule has 69 heavy (non-hydrogen) atoms. The molecule has 5 amide bonds. The molecule has 3 N–H and O–H groups in total. The number of aromatic nitrogens is 2. The molecule has 370 valence electrons. The molecule has 2 aromatic heterocycles. The fourth-order valence-electron chi connectivity index (χ4n) is 10.6. The lowest BCUT2D eigenvalue weighted by atomic mass is 9.84. The number of likely N-dealkylation sites (N-methyl/N-ethyl adjacent to an activating group) is 2. The van der Waals surface area contributed by atoms with Gasteiger partial charge in [-0.25, -0.2) is 10.2 Å². The number of hydrogen-bond donors (Lipinski definition) is 3. The van der Waals surface area contributed by atoms with E-state index in [0.29, 0.717) is 50.9 Å². The van der Waals surface area contributed by atoms with Crippen LogP contribution in [0, 0.1) is 17.3 Å². The topological polar surface area (TPSA) is 179 Å². The number of ether oxygens (including phenoxy) is 2. The SMILES string of the molecule is CCn1c(-c2cccnc2[C@H](C)OC)c2c3cc(ccc31)-c1cc(O)cc(c1)C[C@H](NC(=O)C(C(C)C)N(C)C(=O)N1CC[C@@H](N(C)C(=O)C3CC3)C1)C(=O)N1CCC[C@H](N1)C(=O)OCC(C)(C)C2. The molecule has 1 unspecified atom stereocenters. The Morgan fingerprint density at radius 2 is 1.78 bits per heavy atom. The zero-order chi connectivity index (χ0) is 49.5. The number of phenols is 1. The van der Waals surface area contributed by atoms with Crippen LogP contribution in [0.15, 0.2) is 54.7 Å². The van der Waals surface area contributed by atoms with Gasteiger partial charge >= 0.3 is 12.0 Å². The fourth-order valence-corrected chi connectivity index (χ4v) is 10.6. The monoisotopic (exact) mass is 947 g/mol. The lowest BCUT2D eigenvalue weighted by molar-refractivity contribution is -0.155. The number of hydrazine groups is 1. The lowest BCUT2D eigenvalue weighted by Crippen LogP contribution is -2.62. The Bertz CT molecular complexity index is 2600. The maximum atomic E-state index is 14.8. The minimum atomic E-state index is -1.16. The molecule has 0 radical (unpaired) electrons. The molecule has 1 saturated carbocycles. The van der Waals surface area contributed by atoms with Gasteiger partial charge in [-0.3, -0.25) is 29.2 Å². The van der Waals surface area contributed by atoms with Crippen molar-refractivity contribution in [2.45, 2.75) is 123 Å². The number of benzene rings is 2. The summed E-state index contributed by atoms with van der Waals surface area (Å²) in [4.78, 5) is 80.1. The number of fused-ring (bicyclic) bond motifs is 6. The summed E-state index contributed by atoms with van der Waals surface area (Å²) in [5, 5.41) is 16.8. The van der Waals surface area contributed by atoms with Gasteiger partial charge in [0.05, 0.1) is 30.1 Å². The van der Waals surface area contributed by atoms with Crippen LogP contribution in [0.4, 0.5) is 4.79 Å². The first kappa shape index (κ1) is 49.4. The van der Waals surface area contributed by atoms with E-state index in [9.17, 15) is 29.1 Å². The highest BCUT2D eigenvalue weighted by molar-refractivity contribution is 5.96. The Balaban J connectivity index is 1.16. The molecular formula is C53H70N8O8. The minimum Gasteiger partial charge on any atom is -0.508 e. The first-order chi connectivity index (χ1) is 32.9. The molecule has 5 heterocycles. The van der Waals surface area contributed by atoms with Crippen LogP contribution in [0.3, 0.4) is 0 Å². The van der Waals surface area contributed by atoms with Crippen molar-refractivity contribution >= 4 is 40.6 Å². The van der Waals surface area contributed by atoms with Gasteiger partial charge in [-0.15, -0.1) is 0 Å². The zero-order valence-corrected chi connectivity index (χ0v) is 41.7. The van der Waals surface area contributed by atoms with Gasteiger partial charge in [-0.2, -0.15) is 0 Å². The van der Waals surface area contributed by atoms with E-state index in [1.165, 1.54) is 9.91 Å². The molecule has 1 aliphatic carbocycles. The van der Waals surface area contributed by atoms with Crippen molar-refractivity contribution in [1.29, 1.82) is 0 Å². The Morgan fingerprint density at radius 1 is 1.01 bits per heavy atom. The van der Waals surface area contributed by atoms with Crippen LogP contribution in [0.2, 0.25) is 0 Å². The predicted molar refractivity (Wildman–Crippen MR) is 263 cm³/mol. The summed E-state index contributed by atoms with van der Waals surface area (Å²) in [6.45, 7) is 13.8. The molecule has 16 heteroatoms. The highest BCUT2D eigenvalue weighted by atomic mass is 16.5. The molecule has 2 aromatic carbocycles. The number of pyridine rings is 1. The third-order valence-electron chi connectivity index (χ3n) is 14.6. The summed E-state index contributed by atoms with van der Waals surface area (Å²) in [5.74, 6) is -1.62. The third kappa shape index (κ3) is 10.3. The highest BCUT2D eigenvalue weighted by Gasteiger charge is 2.42. The van der Waals surface area contributed by atoms with E-state index < -0.39 is 41.3 Å². The summed E-state index contributed by atoms with van der Waals surface area (Å²) in [5.41, 5.74) is 9.59. The Kier molecular flexibility index (Phi) is 14.4. The number of aryl methyl sites for hydroxylation is 1. The number of carbonyl (C=O) groups excluding carboxylic acids is 5. The van der Waals surface area contributed by atoms with Crippen LogP contribution in [-0.2, 0) is 48.0 Å². The number of carbonyl (C=O) groups is 5. The Morgan fingerprint density at radius 3 is 2.49 bits per heavy atom. The van der Waals surface area contributed by atoms with Gasteiger partial charge in [0.15, 0.2) is 0 Å². The molecular weight excluding hydrogens is 877 g/mol. The number of esters is 1. The smallest absolute Gasteiger partial charge is 0.324 e. The first-order valence-corrected chi connectivity index (χ1v) is 24.7. The van der Waals surface area contributed by atoms with Gasteiger partial charge in [0, 0.05) is 87.8 Å². The molecule has 5 atom stereocenters. The van der Waals surface area contributed by atoms with Crippen molar-refractivity contribution in [1.82, 2.24) is 40.0 Å². The summed E-state index contributed by atoms with van der Waals surface area (Å²) < 4.78 is 14.2. The Labute approximate surface area is 405 Å². The minimum absolute atomic E-state index is 0.00356. The molecule has 3 fully saturated rings. The maximum Gasteiger partial charge on any atom is 0.324 e. The maximum absolute atomic E-state index is 14.8. The second kappa shape index (κ2) is 20.2. The van der Waals surface area contributed by atoms with Gasteiger partial charge in [-0.1, -0.05) is 39.8 Å². The van der Waals surface area contributed by atoms with Crippen LogP contribution in [0.5, 0.6) is 5.75 Å². The van der Waals surface area contributed by atoms with Gasteiger partial charge in [0.1, 0.15) is 23.9 Å². The molecule has 3 aliphatic heterocycles. The number of nitrogens with one attached hydrogen (secondary N) is 2. The average Bonchev–Trinajstić information content (AvgIpc) is 3.99. The van der Waals surface area contributed by atoms with E-state index >= 15 is 0 Å². The van der Waals surface area contributed by atoms with Crippen LogP contribution >= 0.6 is 0 Å². The zero-order valence-electron chi connectivity index (χ0n) is 41.7. The number of amides is 5. The van der Waals surface area contributed by atoms with Crippen molar-refractivity contribution in [2.24, 2.45) is 17.3 Å². The average molecular weight is 947 g/mol. The van der Waals surface area contributed by atoms with E-state index in [1.807, 2.05) is 39.0 Å². The molecule has 8 rings (SSSR count). The summed E-state index contributed by atoms with van der Waals surface area (Å²) in [6.07, 6.45) is 5.44. The summed E-state index contributed by atoms with van der Waals surface area (Å²) >= 11 is 0. The third-order valence-corrected chi connectivity index (χ3v) is 14.6. The number of rotatable bonds is 10. The van der Waals surface area contributed by atoms with Gasteiger partial charge in [-0.05, 0) is 117 Å². The van der Waals surface area contributed by atoms with E-state index in [2.05, 4.69) is 54.3 Å². The molecule has 4 aliphatic rings. The highest BCUT2D eigenvalue weighted by Crippen LogP contribution is 2.42. The van der Waals surface area contributed by atoms with E-state index in [1.54, 1.807) is 49.3 Å². The van der Waals surface area contributed by atoms with Crippen molar-refractivity contribution < 1.29 is 38.6 Å².